The van der Waals surface area contributed by atoms with Crippen LogP contribution in [0.1, 0.15) is 6.23 Å². The monoisotopic (exact) mass is 413 g/mol. The van der Waals surface area contributed by atoms with E-state index in [9.17, 15) is 29.9 Å². The van der Waals surface area contributed by atoms with Gasteiger partial charge in [-0.3, -0.25) is 24.5 Å². The third-order valence-corrected chi connectivity index (χ3v) is 6.75. The number of nitro benzene ring substituents is 1. The summed E-state index contributed by atoms with van der Waals surface area (Å²) in [5.41, 5.74) is -1.28. The maximum atomic E-state index is 12.1. The Morgan fingerprint density at radius 2 is 1.96 bits per heavy atom. The lowest BCUT2D eigenvalue weighted by Crippen LogP contribution is -2.36. The van der Waals surface area contributed by atoms with Gasteiger partial charge in [-0.15, -0.1) is 0 Å². The van der Waals surface area contributed by atoms with Gasteiger partial charge in [0.05, 0.1) is 22.9 Å². The molecule has 0 radical (unpaired) electrons. The van der Waals surface area contributed by atoms with E-state index in [-0.39, 0.29) is 5.69 Å². The van der Waals surface area contributed by atoms with Gasteiger partial charge in [-0.1, -0.05) is 21.6 Å². The quantitative estimate of drug-likeness (QED) is 0.350. The lowest BCUT2D eigenvalue weighted by molar-refractivity contribution is -0.384. The van der Waals surface area contributed by atoms with Gasteiger partial charge in [0.2, 0.25) is 0 Å². The number of nitro groups is 1. The van der Waals surface area contributed by atoms with Crippen molar-refractivity contribution in [1.29, 1.82) is 0 Å². The number of aliphatic hydroxyl groups is 2. The molecule has 0 saturated carbocycles. The van der Waals surface area contributed by atoms with E-state index in [1.165, 1.54) is 39.9 Å². The number of non-ortho nitro benzene ring substituents is 1. The highest BCUT2D eigenvalue weighted by Gasteiger charge is 2.45. The number of nitrogens with zero attached hydrogens (tertiary/aromatic N) is 2. The topological polar surface area (TPSA) is 148 Å². The van der Waals surface area contributed by atoms with E-state index >= 15 is 0 Å². The van der Waals surface area contributed by atoms with Gasteiger partial charge in [0.1, 0.15) is 6.10 Å². The van der Waals surface area contributed by atoms with Crippen molar-refractivity contribution in [3.05, 3.63) is 67.5 Å². The fourth-order valence-corrected chi connectivity index (χ4v) is 5.23. The van der Waals surface area contributed by atoms with Crippen molar-refractivity contribution in [2.45, 2.75) is 28.6 Å². The normalized spacial score (nSPS) is 24.8. The Kier molecular flexibility index (Phi) is 6.01. The largest absolute Gasteiger partial charge is 0.394 e. The molecular formula is C15H15N3O7S2. The highest BCUT2D eigenvalue weighted by molar-refractivity contribution is 8.77. The van der Waals surface area contributed by atoms with Crippen LogP contribution < -0.4 is 11.2 Å². The van der Waals surface area contributed by atoms with Gasteiger partial charge in [-0.2, -0.15) is 0 Å². The Morgan fingerprint density at radius 3 is 2.56 bits per heavy atom. The molecule has 10 nitrogen and oxygen atoms in total. The molecule has 12 heteroatoms. The molecule has 1 saturated heterocycles. The van der Waals surface area contributed by atoms with Crippen LogP contribution in [0.25, 0.3) is 0 Å². The van der Waals surface area contributed by atoms with Crippen molar-refractivity contribution >= 4 is 27.3 Å². The van der Waals surface area contributed by atoms with E-state index in [0.29, 0.717) is 4.90 Å². The molecule has 2 heterocycles. The second-order valence-corrected chi connectivity index (χ2v) is 8.10. The first-order valence-electron chi connectivity index (χ1n) is 7.74. The van der Waals surface area contributed by atoms with Gasteiger partial charge in [0.25, 0.3) is 11.2 Å². The molecule has 1 aromatic heterocycles. The highest BCUT2D eigenvalue weighted by atomic mass is 33.1. The number of hydrogen-bond acceptors (Lipinski definition) is 9. The zero-order chi connectivity index (χ0) is 19.6. The second kappa shape index (κ2) is 8.27. The maximum Gasteiger partial charge on any atom is 0.330 e. The van der Waals surface area contributed by atoms with Gasteiger partial charge in [-0.25, -0.2) is 4.79 Å². The molecule has 4 atom stereocenters. The summed E-state index contributed by atoms with van der Waals surface area (Å²) in [6.07, 6.45) is -1.59. The van der Waals surface area contributed by atoms with E-state index in [1.54, 1.807) is 12.1 Å². The smallest absolute Gasteiger partial charge is 0.330 e. The number of nitrogens with one attached hydrogen (secondary N) is 1. The lowest BCUT2D eigenvalue weighted by atomic mass is 10.2. The summed E-state index contributed by atoms with van der Waals surface area (Å²) in [7, 11) is 2.45. The molecular weight excluding hydrogens is 398 g/mol. The molecule has 0 aliphatic carbocycles. The van der Waals surface area contributed by atoms with Crippen molar-refractivity contribution in [3.8, 4) is 0 Å². The molecule has 1 aliphatic heterocycles. The Bertz CT molecular complexity index is 930. The number of aliphatic hydroxyl groups excluding tert-OH is 2. The molecule has 27 heavy (non-hydrogen) atoms. The van der Waals surface area contributed by atoms with E-state index in [0.717, 1.165) is 10.6 Å². The minimum atomic E-state index is -1.06. The number of aromatic amines is 1. The summed E-state index contributed by atoms with van der Waals surface area (Å²) in [6.45, 7) is -0.435. The fourth-order valence-electron chi connectivity index (χ4n) is 2.56. The third kappa shape index (κ3) is 4.25. The first-order chi connectivity index (χ1) is 12.9. The number of rotatable bonds is 6. The van der Waals surface area contributed by atoms with E-state index in [1.807, 2.05) is 0 Å². The minimum absolute atomic E-state index is 0.0356. The molecule has 1 fully saturated rings. The zero-order valence-corrected chi connectivity index (χ0v) is 15.3. The third-order valence-electron chi connectivity index (χ3n) is 3.92. The Balaban J connectivity index is 1.80. The summed E-state index contributed by atoms with van der Waals surface area (Å²) in [4.78, 5) is 36.3. The minimum Gasteiger partial charge on any atom is -0.394 e. The number of benzene rings is 1. The molecule has 2 aromatic rings. The fraction of sp³-hybridized carbons (Fsp3) is 0.333. The van der Waals surface area contributed by atoms with Crippen LogP contribution in [0, 0.1) is 10.1 Å². The summed E-state index contributed by atoms with van der Waals surface area (Å²) in [6, 6.07) is 7.04. The van der Waals surface area contributed by atoms with Crippen LogP contribution in [-0.2, 0) is 4.74 Å². The van der Waals surface area contributed by atoms with Gasteiger partial charge in [-0.05, 0) is 12.1 Å². The Morgan fingerprint density at radius 1 is 1.26 bits per heavy atom. The molecule has 1 aromatic carbocycles. The SMILES string of the molecule is O=c1ccn([C@@H]2O[C@H](CO)[C@@H](O)[C@@H]2SSc2ccc([N+](=O)[O-])cc2)c(=O)[nH]1. The molecule has 0 amide bonds. The van der Waals surface area contributed by atoms with Crippen LogP contribution in [0.3, 0.4) is 0 Å². The Hall–Kier alpha value is -2.12. The van der Waals surface area contributed by atoms with Crippen molar-refractivity contribution in [2.24, 2.45) is 0 Å². The predicted octanol–water partition coefficient (Wildman–Crippen LogP) is 0.504. The summed E-state index contributed by atoms with van der Waals surface area (Å²) in [5.74, 6) is 0. The van der Waals surface area contributed by atoms with Gasteiger partial charge in [0, 0.05) is 29.3 Å². The van der Waals surface area contributed by atoms with Crippen molar-refractivity contribution in [3.63, 3.8) is 0 Å². The number of ether oxygens (including phenoxy) is 1. The van der Waals surface area contributed by atoms with E-state index in [2.05, 4.69) is 4.98 Å². The van der Waals surface area contributed by atoms with Crippen LogP contribution in [0.15, 0.2) is 51.0 Å². The summed E-state index contributed by atoms with van der Waals surface area (Å²) >= 11 is 0. The standard InChI is InChI=1S/C15H15N3O7S2/c19-7-10-12(21)13(14(25-10)17-6-5-11(20)16-15(17)22)27-26-9-3-1-8(2-4-9)18(23)24/h1-6,10,12-14,19,21H,7H2,(H,16,20,22)/t10-,12-,13+,14-/m1/s1. The maximum absolute atomic E-state index is 12.1. The molecule has 1 aliphatic rings. The first-order valence-corrected chi connectivity index (χ1v) is 9.95. The molecule has 3 N–H and O–H groups in total. The molecule has 0 bridgehead atoms. The lowest BCUT2D eigenvalue weighted by Gasteiger charge is -2.20. The van der Waals surface area contributed by atoms with Crippen LogP contribution in [0.4, 0.5) is 5.69 Å². The highest BCUT2D eigenvalue weighted by Crippen LogP contribution is 2.45. The molecule has 144 valence electrons. The summed E-state index contributed by atoms with van der Waals surface area (Å²) in [5, 5.41) is 29.9. The van der Waals surface area contributed by atoms with Crippen molar-refractivity contribution in [1.82, 2.24) is 9.55 Å². The number of H-pyrrole nitrogens is 1. The second-order valence-electron chi connectivity index (χ2n) is 5.65. The molecule has 0 spiro atoms. The van der Waals surface area contributed by atoms with Crippen LogP contribution in [0.2, 0.25) is 0 Å². The summed E-state index contributed by atoms with van der Waals surface area (Å²) < 4.78 is 6.75. The van der Waals surface area contributed by atoms with Crippen molar-refractivity contribution < 1.29 is 19.9 Å². The van der Waals surface area contributed by atoms with Crippen molar-refractivity contribution in [2.75, 3.05) is 6.61 Å². The predicted molar refractivity (Wildman–Crippen MR) is 98.7 cm³/mol. The van der Waals surface area contributed by atoms with Gasteiger partial charge < -0.3 is 14.9 Å². The molecule has 3 rings (SSSR count). The average Bonchev–Trinajstić information content (AvgIpc) is 2.96. The zero-order valence-electron chi connectivity index (χ0n) is 13.6. The van der Waals surface area contributed by atoms with E-state index < -0.39 is 46.5 Å². The number of hydrogen-bond donors (Lipinski definition) is 3. The van der Waals surface area contributed by atoms with Crippen LogP contribution in [-0.4, -0.2) is 48.8 Å². The Labute approximate surface area is 159 Å². The average molecular weight is 413 g/mol. The van der Waals surface area contributed by atoms with Gasteiger partial charge >= 0.3 is 5.69 Å². The number of aromatic nitrogens is 2. The first kappa shape index (κ1) is 19.6. The van der Waals surface area contributed by atoms with Crippen LogP contribution >= 0.6 is 21.6 Å². The van der Waals surface area contributed by atoms with Crippen LogP contribution in [0.5, 0.6) is 0 Å². The molecule has 0 unspecified atom stereocenters. The van der Waals surface area contributed by atoms with E-state index in [4.69, 9.17) is 4.74 Å². The van der Waals surface area contributed by atoms with Gasteiger partial charge in [0.15, 0.2) is 6.23 Å².